The van der Waals surface area contributed by atoms with E-state index in [0.717, 1.165) is 36.0 Å². The molecular formula is C22H39N5O2. The first-order valence-corrected chi connectivity index (χ1v) is 10.7. The van der Waals surface area contributed by atoms with Crippen molar-refractivity contribution in [3.8, 4) is 11.5 Å². The van der Waals surface area contributed by atoms with E-state index in [0.29, 0.717) is 6.54 Å². The SMILES string of the molecule is CCN1CCN(CCCCNC(=NC)N(C)Cc2ccc(OC)cc2OC)CC1. The number of hydrogen-bond acceptors (Lipinski definition) is 5. The number of piperazine rings is 1. The maximum absolute atomic E-state index is 5.51. The Hall–Kier alpha value is -1.99. The number of ether oxygens (including phenoxy) is 2. The fraction of sp³-hybridized carbons (Fsp3) is 0.682. The van der Waals surface area contributed by atoms with E-state index < -0.39 is 0 Å². The van der Waals surface area contributed by atoms with Gasteiger partial charge in [-0.25, -0.2) is 0 Å². The molecular weight excluding hydrogens is 366 g/mol. The van der Waals surface area contributed by atoms with Crippen molar-refractivity contribution >= 4 is 5.96 Å². The molecule has 1 fully saturated rings. The molecule has 0 spiro atoms. The van der Waals surface area contributed by atoms with Crippen LogP contribution in [0.3, 0.4) is 0 Å². The van der Waals surface area contributed by atoms with Gasteiger partial charge >= 0.3 is 0 Å². The van der Waals surface area contributed by atoms with E-state index >= 15 is 0 Å². The molecule has 0 aliphatic carbocycles. The third-order valence-corrected chi connectivity index (χ3v) is 5.57. The van der Waals surface area contributed by atoms with Crippen LogP contribution in [0.4, 0.5) is 0 Å². The number of benzene rings is 1. The summed E-state index contributed by atoms with van der Waals surface area (Å²) in [5.74, 6) is 2.53. The predicted molar refractivity (Wildman–Crippen MR) is 120 cm³/mol. The van der Waals surface area contributed by atoms with Gasteiger partial charge in [0.05, 0.1) is 14.2 Å². The molecule has 0 unspecified atom stereocenters. The molecule has 2 rings (SSSR count). The molecule has 164 valence electrons. The Morgan fingerprint density at radius 2 is 1.83 bits per heavy atom. The lowest BCUT2D eigenvalue weighted by atomic mass is 10.2. The van der Waals surface area contributed by atoms with E-state index in [2.05, 4.69) is 31.9 Å². The highest BCUT2D eigenvalue weighted by Gasteiger charge is 2.15. The normalized spacial score (nSPS) is 16.0. The second-order valence-electron chi connectivity index (χ2n) is 7.49. The highest BCUT2D eigenvalue weighted by Crippen LogP contribution is 2.25. The van der Waals surface area contributed by atoms with Crippen LogP contribution in [0.15, 0.2) is 23.2 Å². The first-order chi connectivity index (χ1) is 14.1. The van der Waals surface area contributed by atoms with E-state index in [1.165, 1.54) is 45.7 Å². The van der Waals surface area contributed by atoms with Crippen molar-refractivity contribution in [1.29, 1.82) is 0 Å². The summed E-state index contributed by atoms with van der Waals surface area (Å²) < 4.78 is 10.8. The monoisotopic (exact) mass is 405 g/mol. The molecule has 0 amide bonds. The molecule has 0 atom stereocenters. The second kappa shape index (κ2) is 12.5. The summed E-state index contributed by atoms with van der Waals surface area (Å²) in [6, 6.07) is 5.92. The lowest BCUT2D eigenvalue weighted by Crippen LogP contribution is -2.46. The van der Waals surface area contributed by atoms with Gasteiger partial charge in [0.25, 0.3) is 0 Å². The molecule has 0 aromatic heterocycles. The summed E-state index contributed by atoms with van der Waals surface area (Å²) in [7, 11) is 7.23. The third-order valence-electron chi connectivity index (χ3n) is 5.57. The van der Waals surface area contributed by atoms with Crippen LogP contribution in [0.5, 0.6) is 11.5 Å². The molecule has 0 saturated carbocycles. The Kier molecular flexibility index (Phi) is 10.1. The number of methoxy groups -OCH3 is 2. The Balaban J connectivity index is 1.71. The third kappa shape index (κ3) is 7.40. The zero-order chi connectivity index (χ0) is 21.1. The van der Waals surface area contributed by atoms with Gasteiger partial charge in [0.15, 0.2) is 5.96 Å². The number of guanidine groups is 1. The van der Waals surface area contributed by atoms with E-state index in [1.807, 2.05) is 32.3 Å². The standard InChI is InChI=1S/C22H39N5O2/c1-6-26-13-15-27(16-14-26)12-8-7-11-24-22(23-2)25(3)18-19-9-10-20(28-4)17-21(19)29-5/h9-10,17H,6-8,11-16,18H2,1-5H3,(H,23,24). The molecule has 1 aliphatic rings. The molecule has 1 aliphatic heterocycles. The van der Waals surface area contributed by atoms with Gasteiger partial charge in [-0.05, 0) is 38.1 Å². The predicted octanol–water partition coefficient (Wildman–Crippen LogP) is 2.13. The van der Waals surface area contributed by atoms with Gasteiger partial charge in [-0.3, -0.25) is 4.99 Å². The average molecular weight is 406 g/mol. The summed E-state index contributed by atoms with van der Waals surface area (Å²) in [5, 5.41) is 3.49. The summed E-state index contributed by atoms with van der Waals surface area (Å²) in [6.45, 7) is 11.1. The van der Waals surface area contributed by atoms with Crippen LogP contribution in [0.2, 0.25) is 0 Å². The van der Waals surface area contributed by atoms with E-state index in [1.54, 1.807) is 14.2 Å². The van der Waals surface area contributed by atoms with Crippen molar-refractivity contribution in [2.45, 2.75) is 26.3 Å². The number of likely N-dealkylation sites (N-methyl/N-ethyl adjacent to an activating group) is 1. The van der Waals surface area contributed by atoms with Crippen molar-refractivity contribution < 1.29 is 9.47 Å². The minimum atomic E-state index is 0.717. The summed E-state index contributed by atoms with van der Waals surface area (Å²) in [5.41, 5.74) is 1.10. The summed E-state index contributed by atoms with van der Waals surface area (Å²) in [4.78, 5) is 11.7. The highest BCUT2D eigenvalue weighted by molar-refractivity contribution is 5.79. The van der Waals surface area contributed by atoms with Crippen LogP contribution in [0.1, 0.15) is 25.3 Å². The van der Waals surface area contributed by atoms with Gasteiger partial charge in [-0.15, -0.1) is 0 Å². The molecule has 29 heavy (non-hydrogen) atoms. The van der Waals surface area contributed by atoms with Crippen LogP contribution in [0, 0.1) is 0 Å². The lowest BCUT2D eigenvalue weighted by molar-refractivity contribution is 0.136. The molecule has 0 bridgehead atoms. The Labute approximate surface area is 176 Å². The Morgan fingerprint density at radius 3 is 2.45 bits per heavy atom. The molecule has 1 N–H and O–H groups in total. The second-order valence-corrected chi connectivity index (χ2v) is 7.49. The molecule has 0 radical (unpaired) electrons. The Bertz CT molecular complexity index is 630. The van der Waals surface area contributed by atoms with Crippen LogP contribution in [0.25, 0.3) is 0 Å². The summed E-state index contributed by atoms with van der Waals surface area (Å²) >= 11 is 0. The van der Waals surface area contributed by atoms with Crippen molar-refractivity contribution in [1.82, 2.24) is 20.0 Å². The average Bonchev–Trinajstić information content (AvgIpc) is 2.76. The maximum atomic E-state index is 5.51. The van der Waals surface area contributed by atoms with Gasteiger partial charge in [0.2, 0.25) is 0 Å². The zero-order valence-electron chi connectivity index (χ0n) is 18.9. The van der Waals surface area contributed by atoms with Crippen LogP contribution < -0.4 is 14.8 Å². The number of unbranched alkanes of at least 4 members (excludes halogenated alkanes) is 1. The first-order valence-electron chi connectivity index (χ1n) is 10.7. The zero-order valence-corrected chi connectivity index (χ0v) is 18.9. The van der Waals surface area contributed by atoms with Gasteiger partial charge in [0.1, 0.15) is 11.5 Å². The fourth-order valence-electron chi connectivity index (χ4n) is 3.69. The van der Waals surface area contributed by atoms with E-state index in [9.17, 15) is 0 Å². The highest BCUT2D eigenvalue weighted by atomic mass is 16.5. The van der Waals surface area contributed by atoms with Crippen LogP contribution in [-0.4, -0.2) is 94.8 Å². The molecule has 1 saturated heterocycles. The first kappa shape index (κ1) is 23.3. The van der Waals surface area contributed by atoms with Crippen molar-refractivity contribution in [2.24, 2.45) is 4.99 Å². The number of hydrogen-bond donors (Lipinski definition) is 1. The van der Waals surface area contributed by atoms with Gasteiger partial charge in [0, 0.05) is 65.0 Å². The molecule has 1 aromatic rings. The summed E-state index contributed by atoms with van der Waals surface area (Å²) in [6.07, 6.45) is 2.36. The topological polar surface area (TPSA) is 52.6 Å². The largest absolute Gasteiger partial charge is 0.497 e. The Morgan fingerprint density at radius 1 is 1.10 bits per heavy atom. The van der Waals surface area contributed by atoms with Crippen LogP contribution in [-0.2, 0) is 6.54 Å². The van der Waals surface area contributed by atoms with Crippen molar-refractivity contribution in [3.63, 3.8) is 0 Å². The number of nitrogens with one attached hydrogen (secondary N) is 1. The number of rotatable bonds is 10. The van der Waals surface area contributed by atoms with E-state index in [-0.39, 0.29) is 0 Å². The van der Waals surface area contributed by atoms with Crippen molar-refractivity contribution in [2.75, 3.05) is 74.1 Å². The van der Waals surface area contributed by atoms with Gasteiger partial charge in [-0.1, -0.05) is 6.92 Å². The minimum absolute atomic E-state index is 0.717. The molecule has 1 aromatic carbocycles. The minimum Gasteiger partial charge on any atom is -0.497 e. The maximum Gasteiger partial charge on any atom is 0.193 e. The lowest BCUT2D eigenvalue weighted by Gasteiger charge is -2.34. The molecule has 7 nitrogen and oxygen atoms in total. The quantitative estimate of drug-likeness (QED) is 0.366. The number of nitrogens with zero attached hydrogens (tertiary/aromatic N) is 4. The fourth-order valence-corrected chi connectivity index (χ4v) is 3.69. The van der Waals surface area contributed by atoms with E-state index in [4.69, 9.17) is 9.47 Å². The van der Waals surface area contributed by atoms with Crippen molar-refractivity contribution in [3.05, 3.63) is 23.8 Å². The smallest absolute Gasteiger partial charge is 0.193 e. The molecule has 1 heterocycles. The van der Waals surface area contributed by atoms with Gasteiger partial charge < -0.3 is 29.5 Å². The van der Waals surface area contributed by atoms with Crippen LogP contribution >= 0.6 is 0 Å². The molecule has 7 heteroatoms. The number of aliphatic imine (C=N–C) groups is 1. The van der Waals surface area contributed by atoms with Gasteiger partial charge in [-0.2, -0.15) is 0 Å².